The van der Waals surface area contributed by atoms with Gasteiger partial charge in [-0.3, -0.25) is 0 Å². The van der Waals surface area contributed by atoms with Gasteiger partial charge >= 0.3 is 0 Å². The van der Waals surface area contributed by atoms with Crippen molar-refractivity contribution in [3.05, 3.63) is 11.8 Å². The molecule has 1 aliphatic heterocycles. The van der Waals surface area contributed by atoms with Crippen molar-refractivity contribution in [2.75, 3.05) is 19.7 Å². The lowest BCUT2D eigenvalue weighted by Gasteiger charge is -2.13. The van der Waals surface area contributed by atoms with Crippen molar-refractivity contribution >= 4 is 0 Å². The number of hydrogen-bond donors (Lipinski definition) is 1. The first-order valence-corrected chi connectivity index (χ1v) is 3.46. The summed E-state index contributed by atoms with van der Waals surface area (Å²) in [6.45, 7) is 4.84. The van der Waals surface area contributed by atoms with Crippen molar-refractivity contribution < 1.29 is 4.74 Å². The third-order valence-electron chi connectivity index (χ3n) is 1.35. The van der Waals surface area contributed by atoms with E-state index in [-0.39, 0.29) is 0 Å². The molecule has 0 bridgehead atoms. The summed E-state index contributed by atoms with van der Waals surface area (Å²) >= 11 is 0. The molecule has 1 aliphatic rings. The Kier molecular flexibility index (Phi) is 2.58. The smallest absolute Gasteiger partial charge is 0.0945 e. The zero-order valence-corrected chi connectivity index (χ0v) is 5.81. The van der Waals surface area contributed by atoms with Crippen LogP contribution in [-0.2, 0) is 4.74 Å². The van der Waals surface area contributed by atoms with Gasteiger partial charge in [-0.05, 0) is 13.0 Å². The van der Waals surface area contributed by atoms with E-state index in [1.807, 2.05) is 6.92 Å². The third-order valence-corrected chi connectivity index (χ3v) is 1.35. The van der Waals surface area contributed by atoms with E-state index in [1.165, 1.54) is 0 Å². The summed E-state index contributed by atoms with van der Waals surface area (Å²) < 4.78 is 5.30. The fraction of sp³-hybridized carbons (Fsp3) is 0.714. The van der Waals surface area contributed by atoms with Crippen molar-refractivity contribution in [2.24, 2.45) is 0 Å². The molecule has 9 heavy (non-hydrogen) atoms. The molecule has 0 saturated heterocycles. The van der Waals surface area contributed by atoms with Gasteiger partial charge in [-0.1, -0.05) is 0 Å². The minimum atomic E-state index is 0.797. The van der Waals surface area contributed by atoms with Crippen LogP contribution < -0.4 is 5.32 Å². The maximum atomic E-state index is 5.30. The fourth-order valence-electron chi connectivity index (χ4n) is 0.918. The minimum Gasteiger partial charge on any atom is -0.498 e. The van der Waals surface area contributed by atoms with Gasteiger partial charge < -0.3 is 10.1 Å². The van der Waals surface area contributed by atoms with Crippen molar-refractivity contribution in [2.45, 2.75) is 13.3 Å². The Hall–Kier alpha value is -0.500. The second-order valence-electron chi connectivity index (χ2n) is 2.06. The van der Waals surface area contributed by atoms with Crippen LogP contribution in [-0.4, -0.2) is 19.7 Å². The predicted octanol–water partition coefficient (Wildman–Crippen LogP) is 0.900. The lowest BCUT2D eigenvalue weighted by Crippen LogP contribution is -2.21. The van der Waals surface area contributed by atoms with Gasteiger partial charge in [-0.2, -0.15) is 0 Å². The Labute approximate surface area is 55.9 Å². The molecule has 1 N–H and O–H groups in total. The molecule has 2 heteroatoms. The summed E-state index contributed by atoms with van der Waals surface area (Å²) in [7, 11) is 0. The molecule has 0 aromatic heterocycles. The Balaban J connectivity index is 2.28. The first-order valence-electron chi connectivity index (χ1n) is 3.46. The zero-order valence-electron chi connectivity index (χ0n) is 5.81. The van der Waals surface area contributed by atoms with Gasteiger partial charge in [-0.25, -0.2) is 0 Å². The molecule has 0 amide bonds. The molecule has 0 atom stereocenters. The van der Waals surface area contributed by atoms with E-state index in [1.54, 1.807) is 0 Å². The minimum absolute atomic E-state index is 0.797. The van der Waals surface area contributed by atoms with Crippen LogP contribution in [0.25, 0.3) is 0 Å². The molecule has 1 rings (SSSR count). The molecule has 0 aliphatic carbocycles. The van der Waals surface area contributed by atoms with Crippen LogP contribution >= 0.6 is 0 Å². The lowest BCUT2D eigenvalue weighted by molar-refractivity contribution is 0.213. The highest BCUT2D eigenvalue weighted by Gasteiger charge is 2.00. The summed E-state index contributed by atoms with van der Waals surface area (Å²) in [6.07, 6.45) is 3.15. The molecule has 0 saturated carbocycles. The SMILES string of the molecule is CCOC1=CCNCC1. The standard InChI is InChI=1S/C7H13NO/c1-2-9-7-3-5-8-6-4-7/h3,8H,2,4-6H2,1H3. The molecule has 0 aromatic carbocycles. The van der Waals surface area contributed by atoms with Crippen molar-refractivity contribution in [3.63, 3.8) is 0 Å². The summed E-state index contributed by atoms with van der Waals surface area (Å²) in [5.74, 6) is 1.15. The van der Waals surface area contributed by atoms with Crippen LogP contribution in [0.5, 0.6) is 0 Å². The average Bonchev–Trinajstić information content (AvgIpc) is 1.91. The normalized spacial score (nSPS) is 19.0. The highest BCUT2D eigenvalue weighted by atomic mass is 16.5. The number of nitrogens with one attached hydrogen (secondary N) is 1. The van der Waals surface area contributed by atoms with E-state index in [0.717, 1.165) is 31.9 Å². The van der Waals surface area contributed by atoms with Crippen LogP contribution in [0, 0.1) is 0 Å². The number of rotatable bonds is 2. The summed E-state index contributed by atoms with van der Waals surface area (Å²) in [5, 5.41) is 3.22. The van der Waals surface area contributed by atoms with Gasteiger partial charge in [0.2, 0.25) is 0 Å². The van der Waals surface area contributed by atoms with Crippen molar-refractivity contribution in [1.29, 1.82) is 0 Å². The maximum Gasteiger partial charge on any atom is 0.0945 e. The molecule has 0 fully saturated rings. The first-order chi connectivity index (χ1) is 4.43. The molecule has 0 radical (unpaired) electrons. The van der Waals surface area contributed by atoms with Crippen LogP contribution in [0.15, 0.2) is 11.8 Å². The monoisotopic (exact) mass is 127 g/mol. The molecule has 0 spiro atoms. The summed E-state index contributed by atoms with van der Waals surface area (Å²) in [5.41, 5.74) is 0. The van der Waals surface area contributed by atoms with Gasteiger partial charge in [0.15, 0.2) is 0 Å². The Morgan fingerprint density at radius 2 is 2.67 bits per heavy atom. The van der Waals surface area contributed by atoms with E-state index in [4.69, 9.17) is 4.74 Å². The predicted molar refractivity (Wildman–Crippen MR) is 37.2 cm³/mol. The quantitative estimate of drug-likeness (QED) is 0.595. The topological polar surface area (TPSA) is 21.3 Å². The molecule has 0 aromatic rings. The maximum absolute atomic E-state index is 5.30. The number of hydrogen-bond acceptors (Lipinski definition) is 2. The Bertz CT molecular complexity index is 109. The summed E-state index contributed by atoms with van der Waals surface area (Å²) in [4.78, 5) is 0. The van der Waals surface area contributed by atoms with Crippen molar-refractivity contribution in [1.82, 2.24) is 5.32 Å². The zero-order chi connectivity index (χ0) is 6.53. The third kappa shape index (κ3) is 2.06. The molecule has 52 valence electrons. The van der Waals surface area contributed by atoms with E-state index >= 15 is 0 Å². The number of ether oxygens (including phenoxy) is 1. The largest absolute Gasteiger partial charge is 0.498 e. The molecule has 1 heterocycles. The Morgan fingerprint density at radius 3 is 3.22 bits per heavy atom. The molecule has 0 unspecified atom stereocenters. The van der Waals surface area contributed by atoms with Gasteiger partial charge in [0.1, 0.15) is 0 Å². The van der Waals surface area contributed by atoms with Crippen molar-refractivity contribution in [3.8, 4) is 0 Å². The highest BCUT2D eigenvalue weighted by Crippen LogP contribution is 2.04. The lowest BCUT2D eigenvalue weighted by atomic mass is 10.2. The van der Waals surface area contributed by atoms with Crippen LogP contribution in [0.3, 0.4) is 0 Å². The van der Waals surface area contributed by atoms with E-state index in [0.29, 0.717) is 0 Å². The van der Waals surface area contributed by atoms with Crippen LogP contribution in [0.1, 0.15) is 13.3 Å². The fourth-order valence-corrected chi connectivity index (χ4v) is 0.918. The molecular formula is C7H13NO. The Morgan fingerprint density at radius 1 is 1.78 bits per heavy atom. The summed E-state index contributed by atoms with van der Waals surface area (Å²) in [6, 6.07) is 0. The second kappa shape index (κ2) is 3.51. The van der Waals surface area contributed by atoms with E-state index < -0.39 is 0 Å². The van der Waals surface area contributed by atoms with Crippen LogP contribution in [0.4, 0.5) is 0 Å². The highest BCUT2D eigenvalue weighted by molar-refractivity contribution is 4.98. The van der Waals surface area contributed by atoms with Gasteiger partial charge in [0, 0.05) is 19.5 Å². The average molecular weight is 127 g/mol. The van der Waals surface area contributed by atoms with Gasteiger partial charge in [0.25, 0.3) is 0 Å². The first kappa shape index (κ1) is 6.62. The van der Waals surface area contributed by atoms with Gasteiger partial charge in [-0.15, -0.1) is 0 Å². The second-order valence-corrected chi connectivity index (χ2v) is 2.06. The van der Waals surface area contributed by atoms with Crippen LogP contribution in [0.2, 0.25) is 0 Å². The van der Waals surface area contributed by atoms with E-state index in [2.05, 4.69) is 11.4 Å². The van der Waals surface area contributed by atoms with E-state index in [9.17, 15) is 0 Å². The van der Waals surface area contributed by atoms with Gasteiger partial charge in [0.05, 0.1) is 12.4 Å². The molecular weight excluding hydrogens is 114 g/mol. The molecule has 2 nitrogen and oxygen atoms in total.